The molecular weight excluding hydrogens is 519 g/mol. The van der Waals surface area contributed by atoms with Gasteiger partial charge in [0.1, 0.15) is 12.2 Å². The maximum atomic E-state index is 12.3. The molecule has 0 radical (unpaired) electrons. The van der Waals surface area contributed by atoms with Crippen molar-refractivity contribution in [2.45, 2.75) is 12.7 Å². The van der Waals surface area contributed by atoms with Gasteiger partial charge in [0, 0.05) is 37.1 Å². The molecule has 1 fully saturated rings. The second-order valence-electron chi connectivity index (χ2n) is 8.88. The molecule has 0 aliphatic carbocycles. The van der Waals surface area contributed by atoms with Gasteiger partial charge in [0.25, 0.3) is 0 Å². The first kappa shape index (κ1) is 27.4. The van der Waals surface area contributed by atoms with Crippen LogP contribution in [0.4, 0.5) is 23.7 Å². The number of ether oxygens (including phenoxy) is 1. The Balaban J connectivity index is 0.00000336. The summed E-state index contributed by atoms with van der Waals surface area (Å²) >= 11 is 0. The summed E-state index contributed by atoms with van der Waals surface area (Å²) in [5.74, 6) is 0. The molecule has 1 saturated heterocycles. The molecule has 200 valence electrons. The number of hydrogen-bond donors (Lipinski definition) is 2. The number of aromatic nitrogens is 2. The number of anilines is 1. The van der Waals surface area contributed by atoms with E-state index >= 15 is 0 Å². The Morgan fingerprint density at radius 3 is 2.50 bits per heavy atom. The van der Waals surface area contributed by atoms with Gasteiger partial charge in [-0.05, 0) is 47.0 Å². The SMILES string of the molecule is Cl.O=C(NCC(F)(F)F)Nc1cccc(-c2cnc3cc(-c4cccc(CN5CCOCC5)c4)ccn23)c1. The summed E-state index contributed by atoms with van der Waals surface area (Å²) in [6.07, 6.45) is -0.798. The van der Waals surface area contributed by atoms with Crippen LogP contribution >= 0.6 is 12.4 Å². The van der Waals surface area contributed by atoms with E-state index in [9.17, 15) is 18.0 Å². The zero-order valence-electron chi connectivity index (χ0n) is 20.4. The third kappa shape index (κ3) is 6.83. The predicted octanol–water partition coefficient (Wildman–Crippen LogP) is 5.61. The highest BCUT2D eigenvalue weighted by atomic mass is 35.5. The van der Waals surface area contributed by atoms with Gasteiger partial charge in [0.05, 0.1) is 25.1 Å². The number of carbonyl (C=O) groups is 1. The first-order valence-corrected chi connectivity index (χ1v) is 11.9. The second kappa shape index (κ2) is 11.8. The van der Waals surface area contributed by atoms with E-state index in [1.165, 1.54) is 5.56 Å². The Labute approximate surface area is 224 Å². The van der Waals surface area contributed by atoms with Crippen LogP contribution in [0.2, 0.25) is 0 Å². The Kier molecular flexibility index (Phi) is 8.55. The Morgan fingerprint density at radius 2 is 1.71 bits per heavy atom. The Morgan fingerprint density at radius 1 is 0.974 bits per heavy atom. The smallest absolute Gasteiger partial charge is 0.379 e. The third-order valence-electron chi connectivity index (χ3n) is 6.15. The van der Waals surface area contributed by atoms with Gasteiger partial charge in [-0.1, -0.05) is 30.3 Å². The molecule has 2 aromatic heterocycles. The zero-order valence-corrected chi connectivity index (χ0v) is 21.2. The van der Waals surface area contributed by atoms with E-state index in [0.29, 0.717) is 5.69 Å². The van der Waals surface area contributed by atoms with Gasteiger partial charge < -0.3 is 15.4 Å². The lowest BCUT2D eigenvalue weighted by Crippen LogP contribution is -2.36. The molecule has 38 heavy (non-hydrogen) atoms. The van der Waals surface area contributed by atoms with Crippen molar-refractivity contribution in [3.63, 3.8) is 0 Å². The van der Waals surface area contributed by atoms with Crippen molar-refractivity contribution in [3.8, 4) is 22.4 Å². The summed E-state index contributed by atoms with van der Waals surface area (Å²) in [7, 11) is 0. The molecule has 1 aliphatic heterocycles. The number of pyridine rings is 1. The first-order chi connectivity index (χ1) is 17.8. The van der Waals surface area contributed by atoms with Crippen molar-refractivity contribution >= 4 is 29.8 Å². The van der Waals surface area contributed by atoms with Gasteiger partial charge in [0.2, 0.25) is 0 Å². The topological polar surface area (TPSA) is 70.9 Å². The summed E-state index contributed by atoms with van der Waals surface area (Å²) in [6.45, 7) is 2.88. The largest absolute Gasteiger partial charge is 0.405 e. The van der Waals surface area contributed by atoms with Crippen LogP contribution in [0.15, 0.2) is 73.1 Å². The number of amides is 2. The van der Waals surface area contributed by atoms with E-state index < -0.39 is 18.8 Å². The number of imidazole rings is 1. The number of morpholine rings is 1. The number of hydrogen-bond acceptors (Lipinski definition) is 4. The monoisotopic (exact) mass is 545 g/mol. The van der Waals surface area contributed by atoms with Gasteiger partial charge in [-0.2, -0.15) is 13.2 Å². The Bertz CT molecular complexity index is 1400. The molecule has 5 rings (SSSR count). The number of nitrogens with one attached hydrogen (secondary N) is 2. The van der Waals surface area contributed by atoms with E-state index in [2.05, 4.69) is 39.5 Å². The van der Waals surface area contributed by atoms with Crippen LogP contribution in [-0.2, 0) is 11.3 Å². The van der Waals surface area contributed by atoms with Gasteiger partial charge in [-0.25, -0.2) is 9.78 Å². The van der Waals surface area contributed by atoms with Crippen LogP contribution in [0.1, 0.15) is 5.56 Å². The maximum absolute atomic E-state index is 12.3. The van der Waals surface area contributed by atoms with Gasteiger partial charge in [-0.3, -0.25) is 9.30 Å². The highest BCUT2D eigenvalue weighted by molar-refractivity contribution is 5.90. The minimum Gasteiger partial charge on any atom is -0.379 e. The van der Waals surface area contributed by atoms with Crippen LogP contribution in [-0.4, -0.2) is 59.3 Å². The molecule has 11 heteroatoms. The molecule has 7 nitrogen and oxygen atoms in total. The van der Waals surface area contributed by atoms with Crippen LogP contribution in [0.5, 0.6) is 0 Å². The lowest BCUT2D eigenvalue weighted by Gasteiger charge is -2.26. The van der Waals surface area contributed by atoms with Gasteiger partial charge in [0.15, 0.2) is 0 Å². The third-order valence-corrected chi connectivity index (χ3v) is 6.15. The summed E-state index contributed by atoms with van der Waals surface area (Å²) in [6, 6.07) is 18.5. The fourth-order valence-corrected chi connectivity index (χ4v) is 4.35. The molecule has 2 aromatic carbocycles. The highest BCUT2D eigenvalue weighted by Crippen LogP contribution is 2.27. The number of benzene rings is 2. The number of rotatable bonds is 6. The molecule has 2 amide bonds. The summed E-state index contributed by atoms with van der Waals surface area (Å²) in [5.41, 5.74) is 6.09. The lowest BCUT2D eigenvalue weighted by molar-refractivity contribution is -0.122. The molecule has 1 aliphatic rings. The minimum absolute atomic E-state index is 0. The zero-order chi connectivity index (χ0) is 25.8. The van der Waals surface area contributed by atoms with Crippen molar-refractivity contribution in [3.05, 3.63) is 78.6 Å². The number of halogens is 4. The lowest BCUT2D eigenvalue weighted by atomic mass is 10.0. The van der Waals surface area contributed by atoms with Crippen molar-refractivity contribution in [1.29, 1.82) is 0 Å². The fourth-order valence-electron chi connectivity index (χ4n) is 4.35. The second-order valence-corrected chi connectivity index (χ2v) is 8.88. The molecular formula is C27H27ClF3N5O2. The number of fused-ring (bicyclic) bond motifs is 1. The van der Waals surface area contributed by atoms with Crippen molar-refractivity contribution in [2.75, 3.05) is 38.2 Å². The number of alkyl halides is 3. The molecule has 4 aromatic rings. The van der Waals surface area contributed by atoms with Gasteiger partial charge >= 0.3 is 12.2 Å². The standard InChI is InChI=1S/C27H26F3N5O2.ClH/c28-27(29,30)18-32-26(36)33-23-6-2-5-22(14-23)24-16-31-25-15-21(7-8-35(24)25)20-4-1-3-19(13-20)17-34-9-11-37-12-10-34;/h1-8,13-16H,9-12,17-18H2,(H2,32,33,36);1H. The summed E-state index contributed by atoms with van der Waals surface area (Å²) < 4.78 is 44.4. The summed E-state index contributed by atoms with van der Waals surface area (Å²) in [4.78, 5) is 18.8. The first-order valence-electron chi connectivity index (χ1n) is 11.9. The van der Waals surface area contributed by atoms with Crippen molar-refractivity contribution in [2.24, 2.45) is 0 Å². The van der Waals surface area contributed by atoms with E-state index in [-0.39, 0.29) is 12.4 Å². The number of carbonyl (C=O) groups excluding carboxylic acids is 1. The molecule has 0 bridgehead atoms. The number of urea groups is 1. The van der Waals surface area contributed by atoms with Gasteiger partial charge in [-0.15, -0.1) is 12.4 Å². The minimum atomic E-state index is -4.47. The van der Waals surface area contributed by atoms with E-state index in [4.69, 9.17) is 4.74 Å². The van der Waals surface area contributed by atoms with E-state index in [0.717, 1.165) is 60.9 Å². The van der Waals surface area contributed by atoms with E-state index in [1.807, 2.05) is 28.8 Å². The van der Waals surface area contributed by atoms with Crippen molar-refractivity contribution < 1.29 is 22.7 Å². The van der Waals surface area contributed by atoms with Crippen LogP contribution < -0.4 is 10.6 Å². The molecule has 0 saturated carbocycles. The van der Waals surface area contributed by atoms with Crippen molar-refractivity contribution in [1.82, 2.24) is 19.6 Å². The molecule has 3 heterocycles. The Hall–Kier alpha value is -3.60. The average molecular weight is 546 g/mol. The average Bonchev–Trinajstić information content (AvgIpc) is 3.31. The normalized spacial score (nSPS) is 14.2. The van der Waals surface area contributed by atoms with Crippen LogP contribution in [0, 0.1) is 0 Å². The molecule has 0 spiro atoms. The predicted molar refractivity (Wildman–Crippen MR) is 142 cm³/mol. The quantitative estimate of drug-likeness (QED) is 0.331. The van der Waals surface area contributed by atoms with Crippen LogP contribution in [0.3, 0.4) is 0 Å². The number of nitrogens with zero attached hydrogens (tertiary/aromatic N) is 3. The summed E-state index contributed by atoms with van der Waals surface area (Å²) in [5, 5.41) is 4.24. The maximum Gasteiger partial charge on any atom is 0.405 e. The van der Waals surface area contributed by atoms with E-state index in [1.54, 1.807) is 29.7 Å². The highest BCUT2D eigenvalue weighted by Gasteiger charge is 2.27. The van der Waals surface area contributed by atoms with Crippen LogP contribution in [0.25, 0.3) is 28.0 Å². The molecule has 0 unspecified atom stereocenters. The fraction of sp³-hybridized carbons (Fsp3) is 0.259. The molecule has 2 N–H and O–H groups in total. The molecule has 0 atom stereocenters.